The van der Waals surface area contributed by atoms with E-state index < -0.39 is 10.0 Å². The fourth-order valence-electron chi connectivity index (χ4n) is 0.950. The number of nitrogens with two attached hydrogens (primary N) is 2. The Morgan fingerprint density at radius 2 is 1.77 bits per heavy atom. The van der Waals surface area contributed by atoms with Crippen LogP contribution in [0.1, 0.15) is 5.56 Å². The van der Waals surface area contributed by atoms with Crippen molar-refractivity contribution in [3.05, 3.63) is 29.8 Å². The van der Waals surface area contributed by atoms with Gasteiger partial charge in [0.15, 0.2) is 0 Å². The molecule has 1 aromatic carbocycles. The van der Waals surface area contributed by atoms with E-state index in [0.717, 1.165) is 0 Å². The second-order valence-corrected chi connectivity index (χ2v) is 3.89. The zero-order valence-corrected chi connectivity index (χ0v) is 8.44. The van der Waals surface area contributed by atoms with Crippen LogP contribution < -0.4 is 10.9 Å². The molecule has 4 N–H and O–H groups in total. The first-order valence-electron chi connectivity index (χ1n) is 3.36. The molecule has 0 amide bonds. The van der Waals surface area contributed by atoms with Gasteiger partial charge in [-0.25, -0.2) is 13.6 Å². The second-order valence-electron chi connectivity index (χ2n) is 2.36. The Morgan fingerprint density at radius 1 is 1.23 bits per heavy atom. The Bertz CT molecular complexity index is 378. The summed E-state index contributed by atoms with van der Waals surface area (Å²) in [4.78, 5) is 0.104. The Hall–Kier alpha value is -0.620. The molecular formula is C7H11ClN2O2S. The predicted molar refractivity (Wildman–Crippen MR) is 53.0 cm³/mol. The molecule has 0 unspecified atom stereocenters. The fourth-order valence-corrected chi connectivity index (χ4v) is 1.74. The minimum atomic E-state index is -3.63. The zero-order chi connectivity index (χ0) is 9.19. The van der Waals surface area contributed by atoms with Crippen LogP contribution in [0.3, 0.4) is 0 Å². The number of primary sulfonamides is 1. The molecule has 1 aromatic rings. The molecule has 0 aliphatic rings. The van der Waals surface area contributed by atoms with Crippen molar-refractivity contribution in [1.29, 1.82) is 0 Å². The molecule has 1 rings (SSSR count). The molecule has 0 aromatic heterocycles. The quantitative estimate of drug-likeness (QED) is 0.750. The third-order valence-electron chi connectivity index (χ3n) is 1.50. The minimum absolute atomic E-state index is 0. The van der Waals surface area contributed by atoms with Gasteiger partial charge < -0.3 is 5.73 Å². The number of hydrogen-bond donors (Lipinski definition) is 2. The van der Waals surface area contributed by atoms with Crippen LogP contribution in [0.4, 0.5) is 0 Å². The van der Waals surface area contributed by atoms with Crippen LogP contribution in [0, 0.1) is 0 Å². The lowest BCUT2D eigenvalue weighted by atomic mass is 10.2. The molecule has 0 saturated heterocycles. The summed E-state index contributed by atoms with van der Waals surface area (Å²) in [5, 5.41) is 4.95. The molecule has 4 nitrogen and oxygen atoms in total. The van der Waals surface area contributed by atoms with Crippen molar-refractivity contribution < 1.29 is 8.42 Å². The van der Waals surface area contributed by atoms with Gasteiger partial charge in [-0.1, -0.05) is 18.2 Å². The molecule has 0 heterocycles. The fraction of sp³-hybridized carbons (Fsp3) is 0.143. The van der Waals surface area contributed by atoms with Gasteiger partial charge in [0.05, 0.1) is 4.90 Å². The number of halogens is 1. The number of benzene rings is 1. The number of sulfonamides is 1. The molecule has 0 aliphatic carbocycles. The summed E-state index contributed by atoms with van der Waals surface area (Å²) in [6, 6.07) is 6.41. The topological polar surface area (TPSA) is 86.2 Å². The van der Waals surface area contributed by atoms with Crippen LogP contribution in [0.15, 0.2) is 29.2 Å². The number of hydrogen-bond acceptors (Lipinski definition) is 3. The highest BCUT2D eigenvalue weighted by Gasteiger charge is 2.10. The molecular weight excluding hydrogens is 212 g/mol. The molecule has 6 heteroatoms. The summed E-state index contributed by atoms with van der Waals surface area (Å²) in [6.45, 7) is 0.173. The van der Waals surface area contributed by atoms with Gasteiger partial charge in [0.25, 0.3) is 0 Å². The van der Waals surface area contributed by atoms with Gasteiger partial charge in [-0.05, 0) is 11.6 Å². The van der Waals surface area contributed by atoms with E-state index in [1.54, 1.807) is 18.2 Å². The van der Waals surface area contributed by atoms with Crippen LogP contribution in [0.25, 0.3) is 0 Å². The van der Waals surface area contributed by atoms with Gasteiger partial charge in [-0.15, -0.1) is 12.4 Å². The Morgan fingerprint density at radius 3 is 2.15 bits per heavy atom. The lowest BCUT2D eigenvalue weighted by molar-refractivity contribution is 0.596. The summed E-state index contributed by atoms with van der Waals surface area (Å²) < 4.78 is 21.9. The lowest BCUT2D eigenvalue weighted by Crippen LogP contribution is -2.15. The molecule has 0 radical (unpaired) electrons. The van der Waals surface area contributed by atoms with E-state index in [1.807, 2.05) is 0 Å². The largest absolute Gasteiger partial charge is 0.326 e. The van der Waals surface area contributed by atoms with Crippen molar-refractivity contribution in [3.8, 4) is 0 Å². The van der Waals surface area contributed by atoms with Crippen LogP contribution >= 0.6 is 12.4 Å². The van der Waals surface area contributed by atoms with Crippen molar-refractivity contribution in [1.82, 2.24) is 0 Å². The Balaban J connectivity index is 0.00000144. The Kier molecular flexibility index (Phi) is 4.35. The summed E-state index contributed by atoms with van der Waals surface area (Å²) in [7, 11) is -3.63. The summed E-state index contributed by atoms with van der Waals surface area (Å²) in [5.41, 5.74) is 5.87. The van der Waals surface area contributed by atoms with Gasteiger partial charge >= 0.3 is 0 Å². The van der Waals surface area contributed by atoms with Gasteiger partial charge in [-0.2, -0.15) is 0 Å². The molecule has 0 fully saturated rings. The maximum atomic E-state index is 10.9. The highest BCUT2D eigenvalue weighted by Crippen LogP contribution is 2.12. The van der Waals surface area contributed by atoms with Gasteiger partial charge in [0, 0.05) is 6.54 Å². The maximum absolute atomic E-state index is 10.9. The van der Waals surface area contributed by atoms with Crippen molar-refractivity contribution in [3.63, 3.8) is 0 Å². The second kappa shape index (κ2) is 4.57. The van der Waals surface area contributed by atoms with Gasteiger partial charge in [0.2, 0.25) is 10.0 Å². The predicted octanol–water partition coefficient (Wildman–Crippen LogP) is 0.215. The van der Waals surface area contributed by atoms with Crippen LogP contribution in [-0.4, -0.2) is 8.42 Å². The van der Waals surface area contributed by atoms with E-state index in [2.05, 4.69) is 0 Å². The highest BCUT2D eigenvalue weighted by atomic mass is 35.5. The smallest absolute Gasteiger partial charge is 0.238 e. The summed E-state index contributed by atoms with van der Waals surface area (Å²) in [5.74, 6) is 0. The standard InChI is InChI=1S/C7H10N2O2S.ClH/c8-5-6-3-1-2-4-7(6)12(9,10)11;/h1-4H,5,8H2,(H2,9,10,11);1H. The molecule has 0 saturated carbocycles. The highest BCUT2D eigenvalue weighted by molar-refractivity contribution is 7.89. The summed E-state index contributed by atoms with van der Waals surface area (Å²) >= 11 is 0. The van der Waals surface area contributed by atoms with Crippen molar-refractivity contribution in [2.24, 2.45) is 10.9 Å². The van der Waals surface area contributed by atoms with E-state index in [1.165, 1.54) is 6.07 Å². The molecule has 0 spiro atoms. The molecule has 13 heavy (non-hydrogen) atoms. The maximum Gasteiger partial charge on any atom is 0.238 e. The van der Waals surface area contributed by atoms with Crippen LogP contribution in [0.2, 0.25) is 0 Å². The Labute approximate surface area is 83.4 Å². The van der Waals surface area contributed by atoms with Crippen LogP contribution in [0.5, 0.6) is 0 Å². The first kappa shape index (κ1) is 12.4. The van der Waals surface area contributed by atoms with Gasteiger partial charge in [-0.3, -0.25) is 0 Å². The SMILES string of the molecule is Cl.NCc1ccccc1S(N)(=O)=O. The van der Waals surface area contributed by atoms with E-state index in [-0.39, 0.29) is 23.8 Å². The van der Waals surface area contributed by atoms with Crippen LogP contribution in [-0.2, 0) is 16.6 Å². The van der Waals surface area contributed by atoms with Crippen molar-refractivity contribution in [2.75, 3.05) is 0 Å². The monoisotopic (exact) mass is 222 g/mol. The summed E-state index contributed by atoms with van der Waals surface area (Å²) in [6.07, 6.45) is 0. The van der Waals surface area contributed by atoms with Crippen molar-refractivity contribution in [2.45, 2.75) is 11.4 Å². The number of rotatable bonds is 2. The van der Waals surface area contributed by atoms with E-state index in [4.69, 9.17) is 10.9 Å². The first-order valence-corrected chi connectivity index (χ1v) is 4.91. The third kappa shape index (κ3) is 2.96. The molecule has 74 valence electrons. The third-order valence-corrected chi connectivity index (χ3v) is 2.51. The first-order chi connectivity index (χ1) is 5.55. The van der Waals surface area contributed by atoms with Crippen molar-refractivity contribution >= 4 is 22.4 Å². The average molecular weight is 223 g/mol. The zero-order valence-electron chi connectivity index (χ0n) is 6.80. The van der Waals surface area contributed by atoms with E-state index >= 15 is 0 Å². The molecule has 0 bridgehead atoms. The average Bonchev–Trinajstić information content (AvgIpc) is 2.03. The molecule has 0 aliphatic heterocycles. The minimum Gasteiger partial charge on any atom is -0.326 e. The molecule has 0 atom stereocenters. The normalized spacial score (nSPS) is 10.6. The van der Waals surface area contributed by atoms with E-state index in [9.17, 15) is 8.42 Å². The van der Waals surface area contributed by atoms with Gasteiger partial charge in [0.1, 0.15) is 0 Å². The van der Waals surface area contributed by atoms with E-state index in [0.29, 0.717) is 5.56 Å². The lowest BCUT2D eigenvalue weighted by Gasteiger charge is -2.03.